The molecule has 0 spiro atoms. The number of aromatic nitrogens is 2. The summed E-state index contributed by atoms with van der Waals surface area (Å²) in [5, 5.41) is 5.09. The number of amides is 1. The van der Waals surface area contributed by atoms with Gasteiger partial charge in [-0.1, -0.05) is 36.7 Å². The molecule has 30 heavy (non-hydrogen) atoms. The van der Waals surface area contributed by atoms with Gasteiger partial charge in [0.15, 0.2) is 0 Å². The molecular weight excluding hydrogens is 407 g/mol. The number of halogens is 2. The fraction of sp³-hybridized carbons (Fsp3) is 0.409. The van der Waals surface area contributed by atoms with Crippen LogP contribution in [0.5, 0.6) is 0 Å². The number of aryl methyl sites for hydroxylation is 1. The summed E-state index contributed by atoms with van der Waals surface area (Å²) in [6, 6.07) is 6.57. The molecule has 1 amide bonds. The van der Waals surface area contributed by atoms with Gasteiger partial charge in [-0.25, -0.2) is 9.37 Å². The van der Waals surface area contributed by atoms with Crippen LogP contribution in [-0.2, 0) is 6.54 Å². The van der Waals surface area contributed by atoms with Gasteiger partial charge in [-0.15, -0.1) is 0 Å². The van der Waals surface area contributed by atoms with Crippen molar-refractivity contribution in [1.29, 1.82) is 0 Å². The summed E-state index contributed by atoms with van der Waals surface area (Å²) in [6.07, 6.45) is 0. The first-order valence-electron chi connectivity index (χ1n) is 10.1. The predicted molar refractivity (Wildman–Crippen MR) is 113 cm³/mol. The predicted octanol–water partition coefficient (Wildman–Crippen LogP) is 4.41. The number of hydrogen-bond acceptors (Lipinski definition) is 5. The molecule has 1 fully saturated rings. The number of hydrogen-bond donors (Lipinski definition) is 0. The van der Waals surface area contributed by atoms with Crippen molar-refractivity contribution in [2.75, 3.05) is 26.2 Å². The van der Waals surface area contributed by atoms with Crippen molar-refractivity contribution in [1.82, 2.24) is 19.9 Å². The van der Waals surface area contributed by atoms with Crippen LogP contribution in [0.3, 0.4) is 0 Å². The number of piperazine rings is 1. The molecule has 1 aromatic carbocycles. The van der Waals surface area contributed by atoms with E-state index in [1.54, 1.807) is 12.1 Å². The second-order valence-corrected chi connectivity index (χ2v) is 8.37. The fourth-order valence-electron chi connectivity index (χ4n) is 3.76. The number of carbonyl (C=O) groups is 1. The molecular formula is C22H24ClFN4O2. The van der Waals surface area contributed by atoms with Gasteiger partial charge >= 0.3 is 0 Å². The molecule has 2 aromatic heterocycles. The van der Waals surface area contributed by atoms with Gasteiger partial charge in [-0.2, -0.15) is 0 Å². The van der Waals surface area contributed by atoms with E-state index in [1.807, 2.05) is 31.7 Å². The number of rotatable bonds is 4. The van der Waals surface area contributed by atoms with Gasteiger partial charge in [-0.05, 0) is 31.0 Å². The summed E-state index contributed by atoms with van der Waals surface area (Å²) >= 11 is 6.16. The molecule has 0 N–H and O–H groups in total. The minimum atomic E-state index is -0.302. The number of benzene rings is 1. The van der Waals surface area contributed by atoms with Crippen molar-refractivity contribution in [3.63, 3.8) is 0 Å². The second kappa shape index (κ2) is 8.32. The van der Waals surface area contributed by atoms with E-state index in [1.165, 1.54) is 6.07 Å². The lowest BCUT2D eigenvalue weighted by Gasteiger charge is -2.35. The third-order valence-corrected chi connectivity index (χ3v) is 5.92. The van der Waals surface area contributed by atoms with Crippen LogP contribution in [0.25, 0.3) is 11.1 Å². The van der Waals surface area contributed by atoms with E-state index in [0.717, 1.165) is 5.69 Å². The van der Waals surface area contributed by atoms with Crippen molar-refractivity contribution in [3.05, 3.63) is 57.6 Å². The van der Waals surface area contributed by atoms with E-state index >= 15 is 0 Å². The molecule has 0 aliphatic carbocycles. The van der Waals surface area contributed by atoms with E-state index in [2.05, 4.69) is 15.0 Å². The molecule has 0 saturated carbocycles. The molecule has 0 unspecified atom stereocenters. The highest BCUT2D eigenvalue weighted by Gasteiger charge is 2.27. The Kier molecular flexibility index (Phi) is 5.75. The quantitative estimate of drug-likeness (QED) is 0.613. The fourth-order valence-corrected chi connectivity index (χ4v) is 3.99. The van der Waals surface area contributed by atoms with Gasteiger partial charge in [0, 0.05) is 49.0 Å². The normalized spacial score (nSPS) is 15.3. The van der Waals surface area contributed by atoms with Crippen molar-refractivity contribution in [2.45, 2.75) is 33.2 Å². The minimum absolute atomic E-state index is 0.0563. The minimum Gasteiger partial charge on any atom is -0.336 e. The van der Waals surface area contributed by atoms with Crippen LogP contribution < -0.4 is 0 Å². The number of nitrogens with zero attached hydrogens (tertiary/aromatic N) is 4. The zero-order valence-corrected chi connectivity index (χ0v) is 18.0. The maximum atomic E-state index is 14.1. The van der Waals surface area contributed by atoms with Crippen LogP contribution in [0.4, 0.5) is 4.39 Å². The summed E-state index contributed by atoms with van der Waals surface area (Å²) in [4.78, 5) is 21.8. The van der Waals surface area contributed by atoms with E-state index in [-0.39, 0.29) is 17.6 Å². The molecule has 1 saturated heterocycles. The van der Waals surface area contributed by atoms with Gasteiger partial charge in [0.2, 0.25) is 0 Å². The molecule has 158 valence electrons. The Hall–Kier alpha value is -2.51. The Balaban J connectivity index is 1.52. The maximum absolute atomic E-state index is 14.1. The first-order valence-corrected chi connectivity index (χ1v) is 10.4. The Morgan fingerprint density at radius 3 is 2.67 bits per heavy atom. The first kappa shape index (κ1) is 20.8. The zero-order valence-electron chi connectivity index (χ0n) is 17.3. The lowest BCUT2D eigenvalue weighted by atomic mass is 10.0. The van der Waals surface area contributed by atoms with Crippen molar-refractivity contribution < 1.29 is 13.7 Å². The van der Waals surface area contributed by atoms with Crippen molar-refractivity contribution in [3.8, 4) is 0 Å². The lowest BCUT2D eigenvalue weighted by molar-refractivity contribution is 0.0628. The SMILES string of the molecule is Cc1noc2nc(C(C)C)cc(C(=O)N3CCN(Cc4c(F)cccc4Cl)CC3)c12. The first-order chi connectivity index (χ1) is 14.3. The lowest BCUT2D eigenvalue weighted by Crippen LogP contribution is -2.48. The zero-order chi connectivity index (χ0) is 21.4. The van der Waals surface area contributed by atoms with Crippen LogP contribution in [0.1, 0.15) is 47.1 Å². The Bertz CT molecular complexity index is 1070. The van der Waals surface area contributed by atoms with E-state index < -0.39 is 0 Å². The van der Waals surface area contributed by atoms with E-state index in [4.69, 9.17) is 16.1 Å². The Morgan fingerprint density at radius 1 is 1.27 bits per heavy atom. The van der Waals surface area contributed by atoms with Crippen LogP contribution >= 0.6 is 11.6 Å². The van der Waals surface area contributed by atoms with Gasteiger partial charge < -0.3 is 9.42 Å². The topological polar surface area (TPSA) is 62.5 Å². The molecule has 0 radical (unpaired) electrons. The summed E-state index contributed by atoms with van der Waals surface area (Å²) in [7, 11) is 0. The van der Waals surface area contributed by atoms with E-state index in [9.17, 15) is 9.18 Å². The molecule has 0 atom stereocenters. The summed E-state index contributed by atoms with van der Waals surface area (Å²) in [5.41, 5.74) is 2.93. The Labute approximate surface area is 179 Å². The molecule has 0 bridgehead atoms. The average Bonchev–Trinajstić information content (AvgIpc) is 3.11. The largest absolute Gasteiger partial charge is 0.336 e. The summed E-state index contributed by atoms with van der Waals surface area (Å²) in [5.74, 6) is -0.197. The smallest absolute Gasteiger partial charge is 0.259 e. The molecule has 1 aliphatic rings. The van der Waals surface area contributed by atoms with Gasteiger partial charge in [0.1, 0.15) is 5.82 Å². The molecule has 3 heterocycles. The molecule has 6 nitrogen and oxygen atoms in total. The summed E-state index contributed by atoms with van der Waals surface area (Å²) in [6.45, 7) is 8.68. The van der Waals surface area contributed by atoms with Crippen molar-refractivity contribution in [2.24, 2.45) is 0 Å². The highest BCUT2D eigenvalue weighted by Crippen LogP contribution is 2.27. The summed E-state index contributed by atoms with van der Waals surface area (Å²) < 4.78 is 19.4. The highest BCUT2D eigenvalue weighted by atomic mass is 35.5. The monoisotopic (exact) mass is 430 g/mol. The Morgan fingerprint density at radius 2 is 2.00 bits per heavy atom. The number of pyridine rings is 1. The van der Waals surface area contributed by atoms with Crippen LogP contribution in [0, 0.1) is 12.7 Å². The maximum Gasteiger partial charge on any atom is 0.259 e. The number of carbonyl (C=O) groups excluding carboxylic acids is 1. The molecule has 3 aromatic rings. The van der Waals surface area contributed by atoms with Crippen LogP contribution in [-0.4, -0.2) is 52.0 Å². The van der Waals surface area contributed by atoms with Crippen LogP contribution in [0.2, 0.25) is 5.02 Å². The average molecular weight is 431 g/mol. The second-order valence-electron chi connectivity index (χ2n) is 7.97. The molecule has 8 heteroatoms. The van der Waals surface area contributed by atoms with Crippen molar-refractivity contribution >= 4 is 28.6 Å². The van der Waals surface area contributed by atoms with Gasteiger partial charge in [0.25, 0.3) is 11.6 Å². The van der Waals surface area contributed by atoms with Gasteiger partial charge in [0.05, 0.1) is 16.6 Å². The number of fused-ring (bicyclic) bond motifs is 1. The highest BCUT2D eigenvalue weighted by molar-refractivity contribution is 6.31. The molecule has 1 aliphatic heterocycles. The molecule has 4 rings (SSSR count). The van der Waals surface area contributed by atoms with E-state index in [0.29, 0.717) is 65.7 Å². The standard InChI is InChI=1S/C22H24ClFN4O2/c1-13(2)19-11-15(20-14(3)26-30-21(20)25-19)22(29)28-9-7-27(8-10-28)12-16-17(23)5-4-6-18(16)24/h4-6,11,13H,7-10,12H2,1-3H3. The van der Waals surface area contributed by atoms with Gasteiger partial charge in [-0.3, -0.25) is 9.69 Å². The third kappa shape index (κ3) is 3.91. The van der Waals surface area contributed by atoms with Crippen LogP contribution in [0.15, 0.2) is 28.8 Å². The third-order valence-electron chi connectivity index (χ3n) is 5.56.